The minimum absolute atomic E-state index is 0. The van der Waals surface area contributed by atoms with Crippen LogP contribution in [0.4, 0.5) is 5.69 Å². The van der Waals surface area contributed by atoms with Gasteiger partial charge >= 0.3 is 0 Å². The standard InChI is InChI=1S/C10H14BrN.BrH/c1-8(11)9-4-6-10(7-5-9)12(2)3;/h4-8H,1-3H3;1H. The van der Waals surface area contributed by atoms with E-state index in [0.29, 0.717) is 4.83 Å². The van der Waals surface area contributed by atoms with Crippen molar-refractivity contribution in [3.05, 3.63) is 29.8 Å². The number of benzene rings is 1. The van der Waals surface area contributed by atoms with Crippen LogP contribution in [0.2, 0.25) is 0 Å². The number of hydrogen-bond donors (Lipinski definition) is 0. The van der Waals surface area contributed by atoms with Crippen molar-refractivity contribution in [3.63, 3.8) is 0 Å². The Labute approximate surface area is 99.0 Å². The maximum atomic E-state index is 3.53. The van der Waals surface area contributed by atoms with E-state index in [-0.39, 0.29) is 17.0 Å². The van der Waals surface area contributed by atoms with E-state index in [0.717, 1.165) is 0 Å². The summed E-state index contributed by atoms with van der Waals surface area (Å²) < 4.78 is 0. The van der Waals surface area contributed by atoms with E-state index in [1.165, 1.54) is 11.3 Å². The Bertz CT molecular complexity index is 215. The summed E-state index contributed by atoms with van der Waals surface area (Å²) in [6.07, 6.45) is 0. The van der Waals surface area contributed by atoms with Crippen LogP contribution >= 0.6 is 32.9 Å². The first-order chi connectivity index (χ1) is 5.61. The zero-order valence-corrected chi connectivity index (χ0v) is 11.4. The summed E-state index contributed by atoms with van der Waals surface area (Å²) in [6, 6.07) is 8.56. The van der Waals surface area contributed by atoms with Crippen LogP contribution < -0.4 is 4.90 Å². The third-order valence-corrected chi connectivity index (χ3v) is 2.40. The molecule has 1 aromatic carbocycles. The molecule has 0 aliphatic rings. The number of rotatable bonds is 2. The van der Waals surface area contributed by atoms with E-state index >= 15 is 0 Å². The number of hydrogen-bond acceptors (Lipinski definition) is 1. The zero-order valence-electron chi connectivity index (χ0n) is 8.12. The van der Waals surface area contributed by atoms with Gasteiger partial charge in [0.1, 0.15) is 0 Å². The summed E-state index contributed by atoms with van der Waals surface area (Å²) in [5.41, 5.74) is 2.56. The van der Waals surface area contributed by atoms with Gasteiger partial charge in [0, 0.05) is 24.6 Å². The summed E-state index contributed by atoms with van der Waals surface area (Å²) in [4.78, 5) is 2.54. The van der Waals surface area contributed by atoms with Crippen molar-refractivity contribution < 1.29 is 0 Å². The summed E-state index contributed by atoms with van der Waals surface area (Å²) in [5, 5.41) is 0. The maximum Gasteiger partial charge on any atom is 0.0367 e. The number of alkyl halides is 1. The molecule has 0 spiro atoms. The first-order valence-corrected chi connectivity index (χ1v) is 4.94. The summed E-state index contributed by atoms with van der Waals surface area (Å²) in [7, 11) is 4.10. The first kappa shape index (κ1) is 13.0. The van der Waals surface area contributed by atoms with Gasteiger partial charge in [-0.2, -0.15) is 0 Å². The zero-order chi connectivity index (χ0) is 9.14. The third kappa shape index (κ3) is 3.69. The van der Waals surface area contributed by atoms with E-state index < -0.39 is 0 Å². The molecule has 0 saturated carbocycles. The van der Waals surface area contributed by atoms with Crippen molar-refractivity contribution in [2.45, 2.75) is 11.8 Å². The number of halogens is 2. The molecule has 1 aromatic rings. The van der Waals surface area contributed by atoms with Crippen LogP contribution in [0.5, 0.6) is 0 Å². The predicted octanol–water partition coefficient (Wildman–Crippen LogP) is 3.79. The molecular formula is C10H15Br2N. The average Bonchev–Trinajstić information content (AvgIpc) is 2.04. The van der Waals surface area contributed by atoms with Gasteiger partial charge in [0.05, 0.1) is 0 Å². The molecule has 0 N–H and O–H groups in total. The molecule has 13 heavy (non-hydrogen) atoms. The molecule has 0 aliphatic heterocycles. The van der Waals surface area contributed by atoms with Gasteiger partial charge in [-0.3, -0.25) is 0 Å². The van der Waals surface area contributed by atoms with Crippen molar-refractivity contribution in [2.75, 3.05) is 19.0 Å². The van der Waals surface area contributed by atoms with Crippen molar-refractivity contribution in [1.82, 2.24) is 0 Å². The van der Waals surface area contributed by atoms with Crippen LogP contribution in [0, 0.1) is 0 Å². The fourth-order valence-electron chi connectivity index (χ4n) is 1.04. The lowest BCUT2D eigenvalue weighted by molar-refractivity contribution is 1.10. The van der Waals surface area contributed by atoms with Gasteiger partial charge in [-0.15, -0.1) is 17.0 Å². The summed E-state index contributed by atoms with van der Waals surface area (Å²) in [5.74, 6) is 0. The largest absolute Gasteiger partial charge is 0.378 e. The fraction of sp³-hybridized carbons (Fsp3) is 0.400. The van der Waals surface area contributed by atoms with Gasteiger partial charge < -0.3 is 4.90 Å². The van der Waals surface area contributed by atoms with Crippen LogP contribution in [0.1, 0.15) is 17.3 Å². The smallest absolute Gasteiger partial charge is 0.0367 e. The molecule has 0 radical (unpaired) electrons. The van der Waals surface area contributed by atoms with E-state index in [4.69, 9.17) is 0 Å². The molecule has 74 valence electrons. The molecule has 0 saturated heterocycles. The third-order valence-electron chi connectivity index (χ3n) is 1.87. The topological polar surface area (TPSA) is 3.24 Å². The number of nitrogens with zero attached hydrogens (tertiary/aromatic N) is 1. The summed E-state index contributed by atoms with van der Waals surface area (Å²) >= 11 is 3.53. The van der Waals surface area contributed by atoms with Gasteiger partial charge in [0.2, 0.25) is 0 Å². The Hall–Kier alpha value is -0.0200. The second-order valence-corrected chi connectivity index (χ2v) is 4.48. The van der Waals surface area contributed by atoms with Crippen LogP contribution in [0.15, 0.2) is 24.3 Å². The minimum atomic E-state index is 0. The molecule has 1 atom stereocenters. The van der Waals surface area contributed by atoms with Crippen molar-refractivity contribution in [3.8, 4) is 0 Å². The Morgan fingerprint density at radius 1 is 1.15 bits per heavy atom. The predicted molar refractivity (Wildman–Crippen MR) is 68.4 cm³/mol. The molecule has 3 heteroatoms. The first-order valence-electron chi connectivity index (χ1n) is 4.02. The van der Waals surface area contributed by atoms with Gasteiger partial charge in [0.25, 0.3) is 0 Å². The average molecular weight is 309 g/mol. The van der Waals surface area contributed by atoms with E-state index in [9.17, 15) is 0 Å². The van der Waals surface area contributed by atoms with Gasteiger partial charge in [0.15, 0.2) is 0 Å². The van der Waals surface area contributed by atoms with Gasteiger partial charge in [-0.05, 0) is 24.6 Å². The lowest BCUT2D eigenvalue weighted by atomic mass is 10.1. The van der Waals surface area contributed by atoms with E-state index in [1.807, 2.05) is 14.1 Å². The highest BCUT2D eigenvalue weighted by molar-refractivity contribution is 9.09. The van der Waals surface area contributed by atoms with Crippen LogP contribution in [-0.4, -0.2) is 14.1 Å². The monoisotopic (exact) mass is 307 g/mol. The fourth-order valence-corrected chi connectivity index (χ4v) is 1.34. The lowest BCUT2D eigenvalue weighted by Crippen LogP contribution is -2.08. The minimum Gasteiger partial charge on any atom is -0.378 e. The normalized spacial score (nSPS) is 11.7. The second-order valence-electron chi connectivity index (χ2n) is 3.10. The Morgan fingerprint density at radius 3 is 1.92 bits per heavy atom. The van der Waals surface area contributed by atoms with Gasteiger partial charge in [-0.1, -0.05) is 28.1 Å². The number of anilines is 1. The molecule has 0 fully saturated rings. The van der Waals surface area contributed by atoms with Crippen molar-refractivity contribution in [1.29, 1.82) is 0 Å². The highest BCUT2D eigenvalue weighted by Crippen LogP contribution is 2.23. The quantitative estimate of drug-likeness (QED) is 0.751. The summed E-state index contributed by atoms with van der Waals surface area (Å²) in [6.45, 7) is 2.13. The highest BCUT2D eigenvalue weighted by atomic mass is 79.9. The molecular weight excluding hydrogens is 294 g/mol. The molecule has 0 amide bonds. The highest BCUT2D eigenvalue weighted by Gasteiger charge is 2.00. The van der Waals surface area contributed by atoms with E-state index in [2.05, 4.69) is 52.0 Å². The Morgan fingerprint density at radius 2 is 1.62 bits per heavy atom. The Balaban J connectivity index is 0.00000144. The van der Waals surface area contributed by atoms with E-state index in [1.54, 1.807) is 0 Å². The molecule has 0 heterocycles. The van der Waals surface area contributed by atoms with Crippen LogP contribution in [-0.2, 0) is 0 Å². The molecule has 0 aromatic heterocycles. The van der Waals surface area contributed by atoms with Crippen LogP contribution in [0.3, 0.4) is 0 Å². The molecule has 1 rings (SSSR count). The molecule has 0 aliphatic carbocycles. The molecule has 1 nitrogen and oxygen atoms in total. The van der Waals surface area contributed by atoms with Gasteiger partial charge in [-0.25, -0.2) is 0 Å². The molecule has 1 unspecified atom stereocenters. The SMILES string of the molecule is Br.CC(Br)c1ccc(N(C)C)cc1. The van der Waals surface area contributed by atoms with Crippen LogP contribution in [0.25, 0.3) is 0 Å². The maximum absolute atomic E-state index is 3.53. The van der Waals surface area contributed by atoms with Crippen molar-refractivity contribution in [2.24, 2.45) is 0 Å². The van der Waals surface area contributed by atoms with Crippen molar-refractivity contribution >= 4 is 38.6 Å². The molecule has 0 bridgehead atoms. The Kier molecular flexibility index (Phi) is 5.65. The second kappa shape index (κ2) is 5.66. The lowest BCUT2D eigenvalue weighted by Gasteiger charge is -2.13.